The van der Waals surface area contributed by atoms with Crippen molar-refractivity contribution in [1.29, 1.82) is 0 Å². The van der Waals surface area contributed by atoms with Crippen molar-refractivity contribution in [2.75, 3.05) is 11.4 Å². The number of benzene rings is 1. The molecule has 0 spiro atoms. The molecular formula is C15H13F2N3OS. The molecule has 0 bridgehead atoms. The predicted molar refractivity (Wildman–Crippen MR) is 80.7 cm³/mol. The smallest absolute Gasteiger partial charge is 0.246 e. The second-order valence-electron chi connectivity index (χ2n) is 4.60. The summed E-state index contributed by atoms with van der Waals surface area (Å²) in [7, 11) is 0. The highest BCUT2D eigenvalue weighted by Crippen LogP contribution is 2.23. The number of aromatic nitrogens is 2. The van der Waals surface area contributed by atoms with E-state index >= 15 is 0 Å². The maximum absolute atomic E-state index is 13.4. The van der Waals surface area contributed by atoms with E-state index in [2.05, 4.69) is 10.1 Å². The molecule has 0 aliphatic rings. The molecule has 22 heavy (non-hydrogen) atoms. The average molecular weight is 321 g/mol. The Morgan fingerprint density at radius 2 is 2.09 bits per heavy atom. The van der Waals surface area contributed by atoms with Crippen molar-refractivity contribution < 1.29 is 13.3 Å². The van der Waals surface area contributed by atoms with Crippen LogP contribution < -0.4 is 4.90 Å². The Kier molecular flexibility index (Phi) is 4.15. The zero-order chi connectivity index (χ0) is 15.5. The van der Waals surface area contributed by atoms with Gasteiger partial charge in [0.1, 0.15) is 0 Å². The zero-order valence-electron chi connectivity index (χ0n) is 11.8. The summed E-state index contributed by atoms with van der Waals surface area (Å²) in [6.45, 7) is 2.85. The molecule has 3 aromatic rings. The molecule has 0 saturated carbocycles. The van der Waals surface area contributed by atoms with Crippen LogP contribution in [0.25, 0.3) is 10.7 Å². The van der Waals surface area contributed by atoms with E-state index in [-0.39, 0.29) is 0 Å². The Morgan fingerprint density at radius 3 is 2.77 bits per heavy atom. The van der Waals surface area contributed by atoms with E-state index < -0.39 is 11.6 Å². The van der Waals surface area contributed by atoms with Gasteiger partial charge in [0.2, 0.25) is 11.7 Å². The molecule has 2 aromatic heterocycles. The van der Waals surface area contributed by atoms with Gasteiger partial charge in [0, 0.05) is 18.3 Å². The van der Waals surface area contributed by atoms with E-state index in [0.29, 0.717) is 30.5 Å². The van der Waals surface area contributed by atoms with Gasteiger partial charge in [-0.2, -0.15) is 4.98 Å². The molecule has 2 heterocycles. The molecule has 4 nitrogen and oxygen atoms in total. The first-order chi connectivity index (χ1) is 10.7. The molecule has 0 unspecified atom stereocenters. The van der Waals surface area contributed by atoms with Gasteiger partial charge in [-0.05, 0) is 30.5 Å². The van der Waals surface area contributed by atoms with Gasteiger partial charge >= 0.3 is 0 Å². The maximum atomic E-state index is 13.4. The number of rotatable bonds is 5. The fraction of sp³-hybridized carbons (Fsp3) is 0.200. The molecule has 3 rings (SSSR count). The molecule has 0 saturated heterocycles. The topological polar surface area (TPSA) is 42.2 Å². The van der Waals surface area contributed by atoms with Crippen LogP contribution in [-0.4, -0.2) is 16.7 Å². The van der Waals surface area contributed by atoms with Crippen molar-refractivity contribution in [3.05, 3.63) is 53.2 Å². The van der Waals surface area contributed by atoms with Gasteiger partial charge in [-0.3, -0.25) is 0 Å². The first-order valence-electron chi connectivity index (χ1n) is 6.74. The van der Waals surface area contributed by atoms with Crippen LogP contribution >= 0.6 is 11.3 Å². The van der Waals surface area contributed by atoms with Crippen LogP contribution in [0.4, 0.5) is 14.5 Å². The molecule has 1 aromatic carbocycles. The third-order valence-electron chi connectivity index (χ3n) is 3.19. The minimum Gasteiger partial charge on any atom is -0.362 e. The highest BCUT2D eigenvalue weighted by molar-refractivity contribution is 7.13. The van der Waals surface area contributed by atoms with Crippen molar-refractivity contribution in [1.82, 2.24) is 10.1 Å². The first kappa shape index (κ1) is 14.6. The van der Waals surface area contributed by atoms with Gasteiger partial charge in [0.25, 0.3) is 0 Å². The fourth-order valence-electron chi connectivity index (χ4n) is 2.06. The summed E-state index contributed by atoms with van der Waals surface area (Å²) in [6, 6.07) is 7.62. The van der Waals surface area contributed by atoms with E-state index in [9.17, 15) is 8.78 Å². The lowest BCUT2D eigenvalue weighted by molar-refractivity contribution is 0.377. The van der Waals surface area contributed by atoms with Gasteiger partial charge < -0.3 is 9.42 Å². The van der Waals surface area contributed by atoms with Gasteiger partial charge in [-0.1, -0.05) is 11.2 Å². The van der Waals surface area contributed by atoms with Crippen molar-refractivity contribution in [2.45, 2.75) is 13.5 Å². The maximum Gasteiger partial charge on any atom is 0.246 e. The van der Waals surface area contributed by atoms with Crippen molar-refractivity contribution in [2.24, 2.45) is 0 Å². The number of halogens is 2. The van der Waals surface area contributed by atoms with Crippen LogP contribution in [0.15, 0.2) is 40.2 Å². The Hall–Kier alpha value is -2.28. The van der Waals surface area contributed by atoms with Crippen LogP contribution in [-0.2, 0) is 6.54 Å². The van der Waals surface area contributed by atoms with Gasteiger partial charge in [-0.15, -0.1) is 11.3 Å². The molecule has 0 aliphatic heterocycles. The van der Waals surface area contributed by atoms with E-state index in [4.69, 9.17) is 4.52 Å². The first-order valence-corrected chi connectivity index (χ1v) is 7.62. The van der Waals surface area contributed by atoms with Crippen molar-refractivity contribution in [3.8, 4) is 10.7 Å². The van der Waals surface area contributed by atoms with E-state index in [1.54, 1.807) is 0 Å². The van der Waals surface area contributed by atoms with Gasteiger partial charge in [0.15, 0.2) is 11.6 Å². The standard InChI is InChI=1S/C15H13F2N3OS/c1-2-20(10-5-6-11(16)12(17)8-10)9-14-18-15(19-21-14)13-4-3-7-22-13/h3-8H,2,9H2,1H3. The van der Waals surface area contributed by atoms with Crippen molar-refractivity contribution >= 4 is 17.0 Å². The lowest BCUT2D eigenvalue weighted by atomic mass is 10.2. The summed E-state index contributed by atoms with van der Waals surface area (Å²) in [5.41, 5.74) is 0.567. The summed E-state index contributed by atoms with van der Waals surface area (Å²) in [5.74, 6) is -0.778. The molecule has 0 radical (unpaired) electrons. The third-order valence-corrected chi connectivity index (χ3v) is 4.05. The average Bonchev–Trinajstić information content (AvgIpc) is 3.18. The minimum atomic E-state index is -0.874. The highest BCUT2D eigenvalue weighted by atomic mass is 32.1. The monoisotopic (exact) mass is 321 g/mol. The van der Waals surface area contributed by atoms with Crippen LogP contribution in [0.1, 0.15) is 12.8 Å². The predicted octanol–water partition coefficient (Wildman–Crippen LogP) is 4.10. The third kappa shape index (κ3) is 2.99. The SMILES string of the molecule is CCN(Cc1nc(-c2cccs2)no1)c1ccc(F)c(F)c1. The summed E-state index contributed by atoms with van der Waals surface area (Å²) < 4.78 is 31.6. The van der Waals surface area contributed by atoms with E-state index in [1.807, 2.05) is 29.3 Å². The number of hydrogen-bond donors (Lipinski definition) is 0. The molecule has 0 atom stereocenters. The molecule has 114 valence electrons. The van der Waals surface area contributed by atoms with E-state index in [0.717, 1.165) is 17.0 Å². The van der Waals surface area contributed by atoms with Crippen LogP contribution in [0, 0.1) is 11.6 Å². The van der Waals surface area contributed by atoms with Gasteiger partial charge in [-0.25, -0.2) is 8.78 Å². The molecular weight excluding hydrogens is 308 g/mol. The zero-order valence-corrected chi connectivity index (χ0v) is 12.6. The lowest BCUT2D eigenvalue weighted by Gasteiger charge is -2.21. The fourth-order valence-corrected chi connectivity index (χ4v) is 2.70. The summed E-state index contributed by atoms with van der Waals surface area (Å²) in [6.07, 6.45) is 0. The highest BCUT2D eigenvalue weighted by Gasteiger charge is 2.14. The summed E-state index contributed by atoms with van der Waals surface area (Å²) in [4.78, 5) is 7.08. The Bertz CT molecular complexity index is 758. The number of hydrogen-bond acceptors (Lipinski definition) is 5. The normalized spacial score (nSPS) is 10.9. The molecule has 0 amide bonds. The van der Waals surface area contributed by atoms with Crippen LogP contribution in [0.3, 0.4) is 0 Å². The van der Waals surface area contributed by atoms with Gasteiger partial charge in [0.05, 0.1) is 11.4 Å². The van der Waals surface area contributed by atoms with Crippen LogP contribution in [0.2, 0.25) is 0 Å². The Labute approximate surface area is 130 Å². The molecule has 0 fully saturated rings. The Morgan fingerprint density at radius 1 is 1.23 bits per heavy atom. The minimum absolute atomic E-state index is 0.333. The molecule has 0 N–H and O–H groups in total. The largest absolute Gasteiger partial charge is 0.362 e. The number of anilines is 1. The second-order valence-corrected chi connectivity index (χ2v) is 5.55. The quantitative estimate of drug-likeness (QED) is 0.709. The summed E-state index contributed by atoms with van der Waals surface area (Å²) in [5, 5.41) is 5.87. The number of nitrogens with zero attached hydrogens (tertiary/aromatic N) is 3. The van der Waals surface area contributed by atoms with Crippen LogP contribution in [0.5, 0.6) is 0 Å². The molecule has 0 aliphatic carbocycles. The second kappa shape index (κ2) is 6.23. The molecule has 7 heteroatoms. The number of thiophene rings is 1. The van der Waals surface area contributed by atoms with E-state index in [1.165, 1.54) is 17.4 Å². The van der Waals surface area contributed by atoms with Crippen molar-refractivity contribution in [3.63, 3.8) is 0 Å². The lowest BCUT2D eigenvalue weighted by Crippen LogP contribution is -2.22. The summed E-state index contributed by atoms with van der Waals surface area (Å²) >= 11 is 1.52. The Balaban J connectivity index is 1.79.